The maximum atomic E-state index is 15.5. The first kappa shape index (κ1) is 37.2. The first-order valence-electron chi connectivity index (χ1n) is 16.3. The Bertz CT molecular complexity index is 2470. The van der Waals surface area contributed by atoms with Crippen molar-refractivity contribution in [2.75, 3.05) is 11.0 Å². The smallest absolute Gasteiger partial charge is 0.293 e. The number of pyridine rings is 1. The molecule has 1 fully saturated rings. The van der Waals surface area contributed by atoms with E-state index in [1.54, 1.807) is 0 Å². The number of alkyl halides is 4. The zero-order chi connectivity index (χ0) is 39.0. The van der Waals surface area contributed by atoms with Crippen molar-refractivity contribution in [3.63, 3.8) is 0 Å². The molecule has 0 aliphatic heterocycles. The van der Waals surface area contributed by atoms with Crippen LogP contribution < -0.4 is 15.8 Å². The number of halogens is 7. The number of aromatic nitrogens is 5. The number of nitrogens with two attached hydrogens (primary N) is 1. The minimum atomic E-state index is -3.85. The van der Waals surface area contributed by atoms with Crippen LogP contribution in [0.4, 0.5) is 32.2 Å². The van der Waals surface area contributed by atoms with E-state index in [0.717, 1.165) is 24.6 Å². The summed E-state index contributed by atoms with van der Waals surface area (Å²) in [5.74, 6) is -9.47. The Balaban J connectivity index is 1.36. The zero-order valence-electron chi connectivity index (χ0n) is 28.2. The number of fused-ring (bicyclic) bond motifs is 4. The lowest BCUT2D eigenvalue weighted by Gasteiger charge is -2.34. The Kier molecular flexibility index (Phi) is 9.15. The molecular weight excluding hydrogens is 766 g/mol. The van der Waals surface area contributed by atoms with Gasteiger partial charge in [0.25, 0.3) is 12.3 Å². The zero-order valence-corrected chi connectivity index (χ0v) is 29.8. The normalized spacial score (nSPS) is 18.0. The molecule has 2 amide bonds. The number of sulfonamides is 1. The summed E-state index contributed by atoms with van der Waals surface area (Å²) in [5.41, 5.74) is 4.20. The molecule has 54 heavy (non-hydrogen) atoms. The predicted octanol–water partition coefficient (Wildman–Crippen LogP) is 5.87. The van der Waals surface area contributed by atoms with E-state index in [-0.39, 0.29) is 74.5 Å². The lowest BCUT2D eigenvalue weighted by atomic mass is 9.73. The fourth-order valence-corrected chi connectivity index (χ4v) is 8.18. The third-order valence-corrected chi connectivity index (χ3v) is 10.6. The monoisotopic (exact) mass is 794 g/mol. The van der Waals surface area contributed by atoms with E-state index < -0.39 is 81.6 Å². The molecule has 2 aromatic carbocycles. The molecule has 2 aliphatic carbocycles. The fourth-order valence-electron chi connectivity index (χ4n) is 7.44. The van der Waals surface area contributed by atoms with Gasteiger partial charge in [-0.2, -0.15) is 19.0 Å². The fraction of sp³-hybridized carbons (Fsp3) is 0.324. The molecule has 3 unspecified atom stereocenters. The number of amides is 2. The molecule has 0 bridgehead atoms. The molecule has 0 saturated heterocycles. The van der Waals surface area contributed by atoms with Crippen molar-refractivity contribution in [1.82, 2.24) is 29.9 Å². The number of primary amides is 1. The second-order valence-corrected chi connectivity index (χ2v) is 15.5. The van der Waals surface area contributed by atoms with Gasteiger partial charge < -0.3 is 11.1 Å². The Hall–Kier alpha value is -5.17. The van der Waals surface area contributed by atoms with E-state index in [1.807, 2.05) is 0 Å². The Morgan fingerprint density at radius 3 is 2.37 bits per heavy atom. The molecule has 3 aromatic heterocycles. The first-order valence-corrected chi connectivity index (χ1v) is 18.6. The van der Waals surface area contributed by atoms with Crippen LogP contribution in [0.25, 0.3) is 22.0 Å². The maximum absolute atomic E-state index is 15.5. The van der Waals surface area contributed by atoms with E-state index in [0.29, 0.717) is 10.7 Å². The van der Waals surface area contributed by atoms with Crippen LogP contribution in [0, 0.1) is 17.6 Å². The van der Waals surface area contributed by atoms with E-state index in [1.165, 1.54) is 29.9 Å². The van der Waals surface area contributed by atoms with E-state index in [2.05, 4.69) is 25.2 Å². The largest absolute Gasteiger partial charge is 0.366 e. The summed E-state index contributed by atoms with van der Waals surface area (Å²) in [6, 6.07) is 5.52. The van der Waals surface area contributed by atoms with Crippen LogP contribution in [0.5, 0.6) is 0 Å². The molecule has 3 heterocycles. The lowest BCUT2D eigenvalue weighted by molar-refractivity contribution is -0.123. The number of carbonyl (C=O) groups is 2. The van der Waals surface area contributed by atoms with Crippen LogP contribution in [0.3, 0.4) is 0 Å². The van der Waals surface area contributed by atoms with Gasteiger partial charge in [-0.25, -0.2) is 26.0 Å². The number of nitrogens with zero attached hydrogens (tertiary/aromatic N) is 5. The van der Waals surface area contributed by atoms with Crippen molar-refractivity contribution in [1.29, 1.82) is 0 Å². The van der Waals surface area contributed by atoms with Crippen molar-refractivity contribution < 1.29 is 44.3 Å². The van der Waals surface area contributed by atoms with Crippen LogP contribution in [0.1, 0.15) is 69.8 Å². The van der Waals surface area contributed by atoms with Crippen LogP contribution in [-0.4, -0.2) is 51.0 Å². The molecule has 3 atom stereocenters. The van der Waals surface area contributed by atoms with Crippen molar-refractivity contribution in [3.8, 4) is 11.1 Å². The summed E-state index contributed by atoms with van der Waals surface area (Å²) in [5, 5.41) is 10.9. The Morgan fingerprint density at radius 1 is 1.06 bits per heavy atom. The SMILES string of the molecule is Cn1nc(NS(C)(=O)=O)c2c(Cl)ccc(-c3cc(C(N)=O)cnc3C(Cc3cc(F)cc(F)c3)NC(=O)Cn3nc(C(F)F)c4c3C(F)(F)C3CCC43)c21. The molecule has 5 aromatic rings. The molecule has 7 rings (SSSR count). The van der Waals surface area contributed by atoms with Crippen LogP contribution in [0.15, 0.2) is 42.6 Å². The summed E-state index contributed by atoms with van der Waals surface area (Å²) in [6.07, 6.45) is -1.16. The maximum Gasteiger partial charge on any atom is 0.293 e. The van der Waals surface area contributed by atoms with E-state index >= 15 is 8.78 Å². The second-order valence-electron chi connectivity index (χ2n) is 13.3. The topological polar surface area (TPSA) is 167 Å². The van der Waals surface area contributed by atoms with Gasteiger partial charge >= 0.3 is 0 Å². The van der Waals surface area contributed by atoms with E-state index in [9.17, 15) is 35.6 Å². The van der Waals surface area contributed by atoms with Gasteiger partial charge in [0.2, 0.25) is 21.8 Å². The predicted molar refractivity (Wildman–Crippen MR) is 183 cm³/mol. The number of hydrogen-bond acceptors (Lipinski definition) is 7. The molecule has 4 N–H and O–H groups in total. The number of benzene rings is 2. The number of hydrogen-bond donors (Lipinski definition) is 3. The summed E-state index contributed by atoms with van der Waals surface area (Å²) >= 11 is 6.52. The van der Waals surface area contributed by atoms with Gasteiger partial charge in [0, 0.05) is 41.9 Å². The van der Waals surface area contributed by atoms with Crippen molar-refractivity contribution in [2.24, 2.45) is 18.7 Å². The highest BCUT2D eigenvalue weighted by Crippen LogP contribution is 2.63. The number of aryl methyl sites for hydroxylation is 1. The lowest BCUT2D eigenvalue weighted by Crippen LogP contribution is -2.36. The van der Waals surface area contributed by atoms with Crippen LogP contribution in [-0.2, 0) is 40.8 Å². The molecule has 284 valence electrons. The number of rotatable bonds is 11. The van der Waals surface area contributed by atoms with Crippen molar-refractivity contribution in [2.45, 2.75) is 50.1 Å². The minimum absolute atomic E-state index is 0.0222. The average Bonchev–Trinajstić information content (AvgIpc) is 3.61. The molecule has 0 spiro atoms. The number of nitrogens with one attached hydrogen (secondary N) is 2. The summed E-state index contributed by atoms with van der Waals surface area (Å²) in [7, 11) is -2.37. The molecule has 1 saturated carbocycles. The highest BCUT2D eigenvalue weighted by molar-refractivity contribution is 7.92. The van der Waals surface area contributed by atoms with Gasteiger partial charge in [0.15, 0.2) is 5.82 Å². The summed E-state index contributed by atoms with van der Waals surface area (Å²) in [4.78, 5) is 30.6. The Morgan fingerprint density at radius 2 is 1.76 bits per heavy atom. The third kappa shape index (κ3) is 6.52. The molecule has 12 nitrogen and oxygen atoms in total. The van der Waals surface area contributed by atoms with Gasteiger partial charge in [-0.15, -0.1) is 0 Å². The molecule has 2 aliphatic rings. The quantitative estimate of drug-likeness (QED) is 0.141. The molecular formula is C34H29ClF6N8O4S. The highest BCUT2D eigenvalue weighted by Gasteiger charge is 2.62. The van der Waals surface area contributed by atoms with Crippen molar-refractivity contribution >= 4 is 50.2 Å². The van der Waals surface area contributed by atoms with Gasteiger partial charge in [-0.1, -0.05) is 17.7 Å². The van der Waals surface area contributed by atoms with Crippen molar-refractivity contribution in [3.05, 3.63) is 93.0 Å². The summed E-state index contributed by atoms with van der Waals surface area (Å²) in [6.45, 7) is -0.930. The minimum Gasteiger partial charge on any atom is -0.366 e. The van der Waals surface area contributed by atoms with Gasteiger partial charge in [0.1, 0.15) is 29.6 Å². The first-order chi connectivity index (χ1) is 25.3. The standard InChI is InChI=1S/C34H29ClF6N8O4S/c1-48-29-18(4-6-22(35)26(29)33(46-48)47-54(2,52)53)20-10-15(32(42)51)12-43-27(20)23(9-14-7-16(36)11-17(37)8-14)44-24(50)13-49-30-25(28(45-49)31(38)39)19-3-5-21(19)34(30,40)41/h4,6-8,10-12,19,21,23,31H,3,5,9,13H2,1-2H3,(H2,42,51)(H,44,50)(H,46,47). The van der Waals surface area contributed by atoms with Gasteiger partial charge in [-0.3, -0.25) is 28.7 Å². The van der Waals surface area contributed by atoms with Gasteiger partial charge in [-0.05, 0) is 55.0 Å². The third-order valence-electron chi connectivity index (χ3n) is 9.68. The number of anilines is 1. The van der Waals surface area contributed by atoms with Crippen LogP contribution >= 0.6 is 11.6 Å². The molecule has 20 heteroatoms. The Labute approximate surface area is 307 Å². The molecule has 0 radical (unpaired) electrons. The average molecular weight is 795 g/mol. The second kappa shape index (κ2) is 13.3. The van der Waals surface area contributed by atoms with Crippen LogP contribution in [0.2, 0.25) is 5.02 Å². The summed E-state index contributed by atoms with van der Waals surface area (Å²) < 4.78 is 116. The van der Waals surface area contributed by atoms with E-state index in [4.69, 9.17) is 17.3 Å². The number of carbonyl (C=O) groups excluding carboxylic acids is 2. The highest BCUT2D eigenvalue weighted by atomic mass is 35.5. The van der Waals surface area contributed by atoms with Gasteiger partial charge in [0.05, 0.1) is 39.5 Å².